The number of ether oxygens (including phenoxy) is 2. The van der Waals surface area contributed by atoms with Gasteiger partial charge in [0.15, 0.2) is 6.10 Å². The van der Waals surface area contributed by atoms with Crippen molar-refractivity contribution in [2.24, 2.45) is 0 Å². The third-order valence-corrected chi connectivity index (χ3v) is 7.69. The second-order valence-electron chi connectivity index (χ2n) is 11.7. The van der Waals surface area contributed by atoms with Crippen molar-refractivity contribution in [3.63, 3.8) is 0 Å². The molecule has 0 aliphatic carbocycles. The number of aliphatic hydroxyl groups is 1. The van der Waals surface area contributed by atoms with E-state index >= 15 is 0 Å². The van der Waals surface area contributed by atoms with E-state index in [1.807, 2.05) is 6.08 Å². The van der Waals surface area contributed by atoms with Crippen LogP contribution in [0.4, 0.5) is 0 Å². The number of aliphatic hydroxyl groups excluding tert-OH is 1. The number of hydrogen-bond acceptors (Lipinski definition) is 4. The van der Waals surface area contributed by atoms with Gasteiger partial charge in [-0.25, -0.2) is 0 Å². The molecule has 39 heavy (non-hydrogen) atoms. The van der Waals surface area contributed by atoms with E-state index in [0.29, 0.717) is 6.42 Å². The van der Waals surface area contributed by atoms with E-state index in [1.54, 1.807) is 6.26 Å². The average molecular weight is 553 g/mol. The Hall–Kier alpha value is -1.03. The minimum atomic E-state index is -0.573. The molecule has 0 rings (SSSR count). The molecule has 4 heteroatoms. The van der Waals surface area contributed by atoms with Crippen molar-refractivity contribution in [2.45, 2.75) is 193 Å². The molecule has 0 saturated heterocycles. The molecular weight excluding hydrogens is 484 g/mol. The zero-order valence-corrected chi connectivity index (χ0v) is 26.4. The number of hydrogen-bond donors (Lipinski definition) is 1. The molecule has 1 N–H and O–H groups in total. The Morgan fingerprint density at radius 2 is 0.974 bits per heavy atom. The van der Waals surface area contributed by atoms with E-state index in [0.717, 1.165) is 19.3 Å². The minimum Gasteiger partial charge on any atom is -0.498 e. The molecule has 0 aromatic rings. The van der Waals surface area contributed by atoms with Crippen molar-refractivity contribution in [1.82, 2.24) is 0 Å². The molecule has 0 spiro atoms. The van der Waals surface area contributed by atoms with Gasteiger partial charge >= 0.3 is 5.97 Å². The Bertz CT molecular complexity index is 505. The van der Waals surface area contributed by atoms with Crippen LogP contribution in [0.25, 0.3) is 0 Å². The lowest BCUT2D eigenvalue weighted by molar-refractivity contribution is -0.153. The molecule has 4 nitrogen and oxygen atoms in total. The van der Waals surface area contributed by atoms with Crippen LogP contribution >= 0.6 is 0 Å². The molecule has 0 fully saturated rings. The van der Waals surface area contributed by atoms with Gasteiger partial charge in [-0.3, -0.25) is 4.79 Å². The Kier molecular flexibility index (Phi) is 32.3. The van der Waals surface area contributed by atoms with Crippen molar-refractivity contribution in [3.05, 3.63) is 12.3 Å². The minimum absolute atomic E-state index is 0.197. The van der Waals surface area contributed by atoms with Crippen LogP contribution in [0.5, 0.6) is 0 Å². The van der Waals surface area contributed by atoms with Crippen LogP contribution in [0, 0.1) is 0 Å². The van der Waals surface area contributed by atoms with Crippen LogP contribution in [-0.2, 0) is 14.3 Å². The Morgan fingerprint density at radius 1 is 0.590 bits per heavy atom. The van der Waals surface area contributed by atoms with E-state index in [2.05, 4.69) is 13.8 Å². The summed E-state index contributed by atoms with van der Waals surface area (Å²) in [5.41, 5.74) is 0. The highest BCUT2D eigenvalue weighted by Crippen LogP contribution is 2.14. The van der Waals surface area contributed by atoms with Crippen molar-refractivity contribution in [1.29, 1.82) is 0 Å². The summed E-state index contributed by atoms with van der Waals surface area (Å²) in [6.45, 7) is 4.56. The molecule has 0 radical (unpaired) electrons. The van der Waals surface area contributed by atoms with Crippen LogP contribution in [0.2, 0.25) is 0 Å². The monoisotopic (exact) mass is 553 g/mol. The number of carbonyl (C=O) groups excluding carboxylic acids is 1. The molecule has 0 aliphatic heterocycles. The molecule has 232 valence electrons. The summed E-state index contributed by atoms with van der Waals surface area (Å²) in [6, 6.07) is 0. The first-order chi connectivity index (χ1) is 19.2. The zero-order chi connectivity index (χ0) is 28.5. The smallest absolute Gasteiger partial charge is 0.306 e. The fraction of sp³-hybridized carbons (Fsp3) is 0.914. The Morgan fingerprint density at radius 3 is 1.38 bits per heavy atom. The standard InChI is InChI=1S/C35H68O4/c1-3-5-7-9-11-13-15-17-19-21-23-25-27-29-31-38-33-34(32-36)39-35(37)30-28-26-24-22-20-18-16-14-12-10-8-6-4-2/h29,31,34,36H,3-28,30,32-33H2,1-2H3/b31-29-/t34-/m1/s1. The first kappa shape index (κ1) is 38.0. The number of carbonyl (C=O) groups is 1. The third-order valence-electron chi connectivity index (χ3n) is 7.69. The van der Waals surface area contributed by atoms with E-state index in [1.165, 1.54) is 148 Å². The normalized spacial score (nSPS) is 12.3. The maximum Gasteiger partial charge on any atom is 0.306 e. The maximum absolute atomic E-state index is 12.1. The predicted molar refractivity (Wildman–Crippen MR) is 168 cm³/mol. The highest BCUT2D eigenvalue weighted by atomic mass is 16.6. The Balaban J connectivity index is 3.46. The van der Waals surface area contributed by atoms with Crippen LogP contribution < -0.4 is 0 Å². The van der Waals surface area contributed by atoms with Gasteiger partial charge in [-0.15, -0.1) is 0 Å². The molecule has 0 amide bonds. The van der Waals surface area contributed by atoms with Crippen molar-refractivity contribution in [3.8, 4) is 0 Å². The molecule has 0 heterocycles. The van der Waals surface area contributed by atoms with Gasteiger partial charge in [0, 0.05) is 6.42 Å². The van der Waals surface area contributed by atoms with Gasteiger partial charge in [-0.2, -0.15) is 0 Å². The number of allylic oxidation sites excluding steroid dienone is 1. The van der Waals surface area contributed by atoms with E-state index < -0.39 is 6.10 Å². The van der Waals surface area contributed by atoms with Crippen molar-refractivity contribution in [2.75, 3.05) is 13.2 Å². The lowest BCUT2D eigenvalue weighted by Gasteiger charge is -2.15. The van der Waals surface area contributed by atoms with Gasteiger partial charge in [-0.05, 0) is 25.3 Å². The molecule has 0 aliphatic rings. The van der Waals surface area contributed by atoms with Gasteiger partial charge < -0.3 is 14.6 Å². The highest BCUT2D eigenvalue weighted by Gasteiger charge is 2.13. The summed E-state index contributed by atoms with van der Waals surface area (Å²) in [5, 5.41) is 9.50. The molecule has 0 unspecified atom stereocenters. The number of rotatable bonds is 32. The largest absolute Gasteiger partial charge is 0.498 e. The van der Waals surface area contributed by atoms with Crippen molar-refractivity contribution >= 4 is 5.97 Å². The lowest BCUT2D eigenvalue weighted by atomic mass is 10.0. The first-order valence-corrected chi connectivity index (χ1v) is 17.3. The zero-order valence-electron chi connectivity index (χ0n) is 26.4. The molecule has 0 bridgehead atoms. The number of esters is 1. The van der Waals surface area contributed by atoms with Gasteiger partial charge in [-0.1, -0.05) is 162 Å². The molecule has 0 aromatic carbocycles. The van der Waals surface area contributed by atoms with E-state index in [4.69, 9.17) is 9.47 Å². The summed E-state index contributed by atoms with van der Waals surface area (Å²) in [5.74, 6) is -0.221. The molecule has 0 saturated carbocycles. The highest BCUT2D eigenvalue weighted by molar-refractivity contribution is 5.69. The van der Waals surface area contributed by atoms with Gasteiger partial charge in [0.25, 0.3) is 0 Å². The van der Waals surface area contributed by atoms with Crippen molar-refractivity contribution < 1.29 is 19.4 Å². The van der Waals surface area contributed by atoms with Crippen LogP contribution in [0.15, 0.2) is 12.3 Å². The van der Waals surface area contributed by atoms with Gasteiger partial charge in [0.1, 0.15) is 6.61 Å². The number of unbranched alkanes of at least 4 members (excludes halogenated alkanes) is 24. The predicted octanol–water partition coefficient (Wildman–Crippen LogP) is 11.0. The van der Waals surface area contributed by atoms with E-state index in [9.17, 15) is 9.90 Å². The van der Waals surface area contributed by atoms with Gasteiger partial charge in [0.05, 0.1) is 12.9 Å². The lowest BCUT2D eigenvalue weighted by Crippen LogP contribution is -2.26. The van der Waals surface area contributed by atoms with Gasteiger partial charge in [0.2, 0.25) is 0 Å². The second kappa shape index (κ2) is 33.2. The van der Waals surface area contributed by atoms with Crippen LogP contribution in [0.1, 0.15) is 187 Å². The average Bonchev–Trinajstić information content (AvgIpc) is 2.94. The maximum atomic E-state index is 12.1. The SMILES string of the molecule is CCCCCCCCCCCCCC/C=C\OC[C@@H](CO)OC(=O)CCCCCCCCCCCCCCC. The molecule has 0 aromatic heterocycles. The Labute approximate surface area is 244 Å². The molecular formula is C35H68O4. The molecule has 1 atom stereocenters. The third kappa shape index (κ3) is 31.4. The summed E-state index contributed by atoms with van der Waals surface area (Å²) >= 11 is 0. The topological polar surface area (TPSA) is 55.8 Å². The summed E-state index contributed by atoms with van der Waals surface area (Å²) in [7, 11) is 0. The van der Waals surface area contributed by atoms with E-state index in [-0.39, 0.29) is 19.2 Å². The second-order valence-corrected chi connectivity index (χ2v) is 11.7. The summed E-state index contributed by atoms with van der Waals surface area (Å²) < 4.78 is 10.9. The van der Waals surface area contributed by atoms with Crippen LogP contribution in [0.3, 0.4) is 0 Å². The first-order valence-electron chi connectivity index (χ1n) is 17.3. The fourth-order valence-electron chi connectivity index (χ4n) is 5.06. The van der Waals surface area contributed by atoms with Crippen LogP contribution in [-0.4, -0.2) is 30.4 Å². The quantitative estimate of drug-likeness (QED) is 0.0512. The summed E-state index contributed by atoms with van der Waals surface area (Å²) in [6.07, 6.45) is 37.7. The summed E-state index contributed by atoms with van der Waals surface area (Å²) in [4.78, 5) is 12.1. The fourth-order valence-corrected chi connectivity index (χ4v) is 5.06.